The van der Waals surface area contributed by atoms with Crippen LogP contribution in [-0.2, 0) is 26.3 Å². The summed E-state index contributed by atoms with van der Waals surface area (Å²) in [7, 11) is 2.03. The Kier molecular flexibility index (Phi) is 3.80. The molecule has 2 aromatic heterocycles. The summed E-state index contributed by atoms with van der Waals surface area (Å²) in [6, 6.07) is 10.5. The number of aromatic nitrogens is 4. The van der Waals surface area contributed by atoms with Gasteiger partial charge in [0.2, 0.25) is 5.89 Å². The number of nitrogens with zero attached hydrogens (tertiary/aromatic N) is 5. The number of anilines is 1. The fraction of sp³-hybridized carbons (Fsp3) is 0.389. The Balaban J connectivity index is 1.63. The zero-order chi connectivity index (χ0) is 16.5. The first kappa shape index (κ1) is 14.9. The van der Waals surface area contributed by atoms with E-state index in [2.05, 4.69) is 39.3 Å². The maximum absolute atomic E-state index is 5.26. The molecule has 0 aliphatic carbocycles. The smallest absolute Gasteiger partial charge is 0.266 e. The molecular formula is C18H21N5O. The van der Waals surface area contributed by atoms with E-state index < -0.39 is 0 Å². The lowest BCUT2D eigenvalue weighted by Gasteiger charge is -2.17. The lowest BCUT2D eigenvalue weighted by atomic mass is 10.0. The van der Waals surface area contributed by atoms with Crippen LogP contribution < -0.4 is 4.90 Å². The molecule has 3 aromatic rings. The lowest BCUT2D eigenvalue weighted by molar-refractivity contribution is 0.381. The molecule has 0 bridgehead atoms. The van der Waals surface area contributed by atoms with E-state index in [-0.39, 0.29) is 0 Å². The fourth-order valence-electron chi connectivity index (χ4n) is 3.36. The third kappa shape index (κ3) is 2.58. The van der Waals surface area contributed by atoms with Crippen LogP contribution in [0, 0.1) is 0 Å². The number of rotatable bonds is 3. The molecule has 124 valence electrons. The van der Waals surface area contributed by atoms with Crippen molar-refractivity contribution in [2.45, 2.75) is 26.2 Å². The molecule has 3 heterocycles. The summed E-state index contributed by atoms with van der Waals surface area (Å²) in [6.07, 6.45) is 2.59. The molecule has 0 N–H and O–H groups in total. The maximum atomic E-state index is 5.26. The molecular weight excluding hydrogens is 302 g/mol. The molecule has 0 saturated carbocycles. The zero-order valence-electron chi connectivity index (χ0n) is 14.1. The third-order valence-electron chi connectivity index (χ3n) is 4.57. The standard InChI is InChI=1S/C18H21N5O/c1-3-16-19-18(21-24-16)23-11-9-14-15(10-12-23)20-22(2)17(14)13-7-5-4-6-8-13/h4-8H,3,9-12H2,1-2H3. The van der Waals surface area contributed by atoms with E-state index in [4.69, 9.17) is 9.62 Å². The summed E-state index contributed by atoms with van der Waals surface area (Å²) in [6.45, 7) is 3.76. The first-order valence-corrected chi connectivity index (χ1v) is 8.44. The second-order valence-corrected chi connectivity index (χ2v) is 6.09. The molecule has 24 heavy (non-hydrogen) atoms. The van der Waals surface area contributed by atoms with Crippen LogP contribution in [-0.4, -0.2) is 33.0 Å². The molecule has 6 nitrogen and oxygen atoms in total. The van der Waals surface area contributed by atoms with Gasteiger partial charge in [0.25, 0.3) is 5.95 Å². The summed E-state index contributed by atoms with van der Waals surface area (Å²) < 4.78 is 7.27. The Morgan fingerprint density at radius 3 is 2.67 bits per heavy atom. The predicted octanol–water partition coefficient (Wildman–Crippen LogP) is 2.64. The van der Waals surface area contributed by atoms with Crippen LogP contribution in [0.25, 0.3) is 11.3 Å². The Hall–Kier alpha value is -2.63. The molecule has 6 heteroatoms. The molecule has 4 rings (SSSR count). The van der Waals surface area contributed by atoms with E-state index in [1.54, 1.807) is 0 Å². The van der Waals surface area contributed by atoms with E-state index in [1.807, 2.05) is 24.7 Å². The number of hydrogen-bond donors (Lipinski definition) is 0. The van der Waals surface area contributed by atoms with E-state index in [9.17, 15) is 0 Å². The van der Waals surface area contributed by atoms with E-state index in [1.165, 1.54) is 22.5 Å². The predicted molar refractivity (Wildman–Crippen MR) is 91.9 cm³/mol. The summed E-state index contributed by atoms with van der Waals surface area (Å²) in [5.74, 6) is 1.39. The molecule has 1 aromatic carbocycles. The minimum absolute atomic E-state index is 0.690. The highest BCUT2D eigenvalue weighted by Gasteiger charge is 2.24. The zero-order valence-corrected chi connectivity index (χ0v) is 14.1. The van der Waals surface area contributed by atoms with Crippen molar-refractivity contribution in [2.24, 2.45) is 7.05 Å². The second kappa shape index (κ2) is 6.11. The van der Waals surface area contributed by atoms with Gasteiger partial charge in [0.05, 0.1) is 11.4 Å². The minimum atomic E-state index is 0.690. The molecule has 1 aliphatic rings. The Bertz CT molecular complexity index is 836. The second-order valence-electron chi connectivity index (χ2n) is 6.09. The van der Waals surface area contributed by atoms with Crippen LogP contribution in [0.4, 0.5) is 5.95 Å². The van der Waals surface area contributed by atoms with Gasteiger partial charge in [0, 0.05) is 44.1 Å². The van der Waals surface area contributed by atoms with E-state index in [0.29, 0.717) is 11.8 Å². The van der Waals surface area contributed by atoms with Crippen molar-refractivity contribution in [1.82, 2.24) is 19.9 Å². The number of fused-ring (bicyclic) bond motifs is 1. The summed E-state index contributed by atoms with van der Waals surface area (Å²) in [4.78, 5) is 6.66. The molecule has 1 aliphatic heterocycles. The van der Waals surface area contributed by atoms with Crippen molar-refractivity contribution in [2.75, 3.05) is 18.0 Å². The highest BCUT2D eigenvalue weighted by atomic mass is 16.5. The fourth-order valence-corrected chi connectivity index (χ4v) is 3.36. The van der Waals surface area contributed by atoms with Gasteiger partial charge >= 0.3 is 0 Å². The van der Waals surface area contributed by atoms with E-state index >= 15 is 0 Å². The first-order valence-electron chi connectivity index (χ1n) is 8.44. The molecule has 0 fully saturated rings. The van der Waals surface area contributed by atoms with Gasteiger partial charge in [0.1, 0.15) is 0 Å². The van der Waals surface area contributed by atoms with Crippen LogP contribution in [0.1, 0.15) is 24.1 Å². The number of aryl methyl sites for hydroxylation is 2. The van der Waals surface area contributed by atoms with Crippen molar-refractivity contribution < 1.29 is 4.52 Å². The van der Waals surface area contributed by atoms with Gasteiger partial charge in [-0.05, 0) is 11.6 Å². The lowest BCUT2D eigenvalue weighted by Crippen LogP contribution is -2.27. The molecule has 0 spiro atoms. The van der Waals surface area contributed by atoms with Crippen LogP contribution in [0.15, 0.2) is 34.9 Å². The topological polar surface area (TPSA) is 60.0 Å². The van der Waals surface area contributed by atoms with Crippen LogP contribution in [0.3, 0.4) is 0 Å². The molecule has 0 atom stereocenters. The van der Waals surface area contributed by atoms with Crippen molar-refractivity contribution >= 4 is 5.95 Å². The van der Waals surface area contributed by atoms with Gasteiger partial charge in [0.15, 0.2) is 0 Å². The average molecular weight is 323 g/mol. The average Bonchev–Trinajstić information content (AvgIpc) is 3.15. The van der Waals surface area contributed by atoms with Crippen molar-refractivity contribution in [1.29, 1.82) is 0 Å². The highest BCUT2D eigenvalue weighted by molar-refractivity contribution is 5.65. The van der Waals surface area contributed by atoms with Crippen LogP contribution in [0.2, 0.25) is 0 Å². The minimum Gasteiger partial charge on any atom is -0.337 e. The first-order chi connectivity index (χ1) is 11.8. The van der Waals surface area contributed by atoms with Crippen LogP contribution >= 0.6 is 0 Å². The largest absolute Gasteiger partial charge is 0.337 e. The van der Waals surface area contributed by atoms with Crippen molar-refractivity contribution in [3.63, 3.8) is 0 Å². The van der Waals surface area contributed by atoms with Gasteiger partial charge in [-0.1, -0.05) is 37.3 Å². The summed E-state index contributed by atoms with van der Waals surface area (Å²) >= 11 is 0. The molecule has 0 amide bonds. The Morgan fingerprint density at radius 1 is 1.12 bits per heavy atom. The van der Waals surface area contributed by atoms with Gasteiger partial charge in [-0.3, -0.25) is 4.68 Å². The van der Waals surface area contributed by atoms with Crippen molar-refractivity contribution in [3.05, 3.63) is 47.5 Å². The van der Waals surface area contributed by atoms with Gasteiger partial charge in [-0.25, -0.2) is 0 Å². The Labute approximate surface area is 141 Å². The summed E-state index contributed by atoms with van der Waals surface area (Å²) in [5.41, 5.74) is 4.95. The summed E-state index contributed by atoms with van der Waals surface area (Å²) in [5, 5.41) is 8.87. The monoisotopic (exact) mass is 323 g/mol. The normalized spacial score (nSPS) is 14.5. The number of hydrogen-bond acceptors (Lipinski definition) is 5. The van der Waals surface area contributed by atoms with E-state index in [0.717, 1.165) is 32.4 Å². The quantitative estimate of drug-likeness (QED) is 0.741. The maximum Gasteiger partial charge on any atom is 0.266 e. The van der Waals surface area contributed by atoms with Crippen LogP contribution in [0.5, 0.6) is 0 Å². The molecule has 0 unspecified atom stereocenters. The SMILES string of the molecule is CCc1nc(N2CCc3nn(C)c(-c4ccccc4)c3CC2)no1. The van der Waals surface area contributed by atoms with Gasteiger partial charge in [-0.15, -0.1) is 0 Å². The highest BCUT2D eigenvalue weighted by Crippen LogP contribution is 2.29. The Morgan fingerprint density at radius 2 is 1.92 bits per heavy atom. The molecule has 0 saturated heterocycles. The van der Waals surface area contributed by atoms with Gasteiger partial charge in [-0.2, -0.15) is 10.1 Å². The molecule has 0 radical (unpaired) electrons. The third-order valence-corrected chi connectivity index (χ3v) is 4.57. The number of benzene rings is 1. The van der Waals surface area contributed by atoms with Gasteiger partial charge < -0.3 is 9.42 Å². The van der Waals surface area contributed by atoms with Crippen molar-refractivity contribution in [3.8, 4) is 11.3 Å².